The Morgan fingerprint density at radius 3 is 2.59 bits per heavy atom. The lowest BCUT2D eigenvalue weighted by molar-refractivity contribution is 0.602. The van der Waals surface area contributed by atoms with Gasteiger partial charge in [0.15, 0.2) is 0 Å². The van der Waals surface area contributed by atoms with Crippen molar-refractivity contribution in [2.24, 2.45) is 0 Å². The van der Waals surface area contributed by atoms with Gasteiger partial charge in [0, 0.05) is 6.54 Å². The minimum Gasteiger partial charge on any atom is -0.384 e. The molecule has 0 aliphatic rings. The molecular formula is C11H19N3O2S. The lowest BCUT2D eigenvalue weighted by Gasteiger charge is -2.07. The van der Waals surface area contributed by atoms with Crippen LogP contribution in [0, 0.1) is 0 Å². The smallest absolute Gasteiger partial charge is 0.233 e. The molecule has 0 aliphatic carbocycles. The molecule has 5 nitrogen and oxygen atoms in total. The molecule has 1 rings (SSSR count). The molecule has 17 heavy (non-hydrogen) atoms. The maximum atomic E-state index is 11.3. The van der Waals surface area contributed by atoms with Crippen LogP contribution in [-0.4, -0.2) is 25.7 Å². The molecule has 0 atom stereocenters. The highest BCUT2D eigenvalue weighted by atomic mass is 32.2. The van der Waals surface area contributed by atoms with E-state index in [1.54, 1.807) is 19.2 Å². The Bertz CT molecular complexity index is 429. The molecule has 0 bridgehead atoms. The topological polar surface area (TPSA) is 71.1 Å². The Balaban J connectivity index is 2.56. The fourth-order valence-electron chi connectivity index (χ4n) is 1.20. The van der Waals surface area contributed by atoms with Gasteiger partial charge in [0.25, 0.3) is 0 Å². The molecule has 0 spiro atoms. The van der Waals surface area contributed by atoms with Crippen LogP contribution in [0.5, 0.6) is 0 Å². The molecule has 1 heterocycles. The number of rotatable bonds is 7. The van der Waals surface area contributed by atoms with E-state index < -0.39 is 10.0 Å². The van der Waals surface area contributed by atoms with E-state index in [1.165, 1.54) is 0 Å². The summed E-state index contributed by atoms with van der Waals surface area (Å²) < 4.78 is 25.0. The van der Waals surface area contributed by atoms with Gasteiger partial charge in [0.05, 0.1) is 17.6 Å². The van der Waals surface area contributed by atoms with Gasteiger partial charge < -0.3 is 5.32 Å². The molecule has 0 aliphatic heterocycles. The summed E-state index contributed by atoms with van der Waals surface area (Å²) in [4.78, 5) is 4.04. The highest BCUT2D eigenvalue weighted by Gasteiger charge is 2.06. The molecule has 1 aromatic heterocycles. The second-order valence-corrected chi connectivity index (χ2v) is 5.73. The Morgan fingerprint density at radius 2 is 2.06 bits per heavy atom. The highest BCUT2D eigenvalue weighted by molar-refractivity contribution is 7.92. The lowest BCUT2D eigenvalue weighted by Crippen LogP contribution is -2.15. The van der Waals surface area contributed by atoms with Gasteiger partial charge in [-0.2, -0.15) is 0 Å². The van der Waals surface area contributed by atoms with Crippen LogP contribution in [0.25, 0.3) is 0 Å². The summed E-state index contributed by atoms with van der Waals surface area (Å²) >= 11 is 0. The fraction of sp³-hybridized carbons (Fsp3) is 0.545. The van der Waals surface area contributed by atoms with Crippen molar-refractivity contribution >= 4 is 21.5 Å². The van der Waals surface area contributed by atoms with Crippen LogP contribution in [-0.2, 0) is 10.0 Å². The standard InChI is InChI=1S/C11H19N3O2S/c1-3-5-8-12-10-6-7-11(13-9-10)14-17(15,16)4-2/h6-7,9,12H,3-5,8H2,1-2H3,(H,13,14). The summed E-state index contributed by atoms with van der Waals surface area (Å²) in [5, 5.41) is 3.21. The number of anilines is 2. The summed E-state index contributed by atoms with van der Waals surface area (Å²) in [7, 11) is -3.24. The molecule has 96 valence electrons. The third-order valence-electron chi connectivity index (χ3n) is 2.26. The van der Waals surface area contributed by atoms with Crippen LogP contribution in [0.3, 0.4) is 0 Å². The first-order valence-electron chi connectivity index (χ1n) is 5.78. The Labute approximate surface area is 103 Å². The minimum absolute atomic E-state index is 0.0468. The largest absolute Gasteiger partial charge is 0.384 e. The highest BCUT2D eigenvalue weighted by Crippen LogP contribution is 2.11. The fourth-order valence-corrected chi connectivity index (χ4v) is 1.78. The molecule has 0 aromatic carbocycles. The number of hydrogen-bond acceptors (Lipinski definition) is 4. The number of pyridine rings is 1. The van der Waals surface area contributed by atoms with Gasteiger partial charge in [-0.15, -0.1) is 0 Å². The quantitative estimate of drug-likeness (QED) is 0.733. The van der Waals surface area contributed by atoms with Crippen molar-refractivity contribution in [1.29, 1.82) is 0 Å². The van der Waals surface area contributed by atoms with E-state index in [9.17, 15) is 8.42 Å². The first-order chi connectivity index (χ1) is 8.07. The van der Waals surface area contributed by atoms with Gasteiger partial charge in [0.2, 0.25) is 10.0 Å². The van der Waals surface area contributed by atoms with Crippen molar-refractivity contribution in [3.05, 3.63) is 18.3 Å². The van der Waals surface area contributed by atoms with Crippen LogP contribution in [0.4, 0.5) is 11.5 Å². The Hall–Kier alpha value is -1.30. The van der Waals surface area contributed by atoms with Crippen LogP contribution in [0.1, 0.15) is 26.7 Å². The van der Waals surface area contributed by atoms with Crippen LogP contribution >= 0.6 is 0 Å². The second kappa shape index (κ2) is 6.44. The minimum atomic E-state index is -3.24. The van der Waals surface area contributed by atoms with Gasteiger partial charge in [-0.05, 0) is 25.5 Å². The van der Waals surface area contributed by atoms with Crippen molar-refractivity contribution in [2.75, 3.05) is 22.3 Å². The number of hydrogen-bond donors (Lipinski definition) is 2. The predicted molar refractivity (Wildman–Crippen MR) is 70.7 cm³/mol. The zero-order chi connectivity index (χ0) is 12.7. The van der Waals surface area contributed by atoms with Crippen molar-refractivity contribution in [3.63, 3.8) is 0 Å². The molecule has 2 N–H and O–H groups in total. The molecule has 0 radical (unpaired) electrons. The maximum Gasteiger partial charge on any atom is 0.233 e. The third-order valence-corrected chi connectivity index (χ3v) is 3.54. The van der Waals surface area contributed by atoms with Gasteiger partial charge in [-0.25, -0.2) is 13.4 Å². The van der Waals surface area contributed by atoms with Gasteiger partial charge >= 0.3 is 0 Å². The molecule has 6 heteroatoms. The number of nitrogens with zero attached hydrogens (tertiary/aromatic N) is 1. The Morgan fingerprint density at radius 1 is 1.29 bits per heavy atom. The summed E-state index contributed by atoms with van der Waals surface area (Å²) in [6.45, 7) is 4.61. The van der Waals surface area contributed by atoms with E-state index in [0.717, 1.165) is 25.1 Å². The molecule has 0 saturated heterocycles. The summed E-state index contributed by atoms with van der Waals surface area (Å²) in [5.41, 5.74) is 0.901. The van der Waals surface area contributed by atoms with Crippen molar-refractivity contribution in [3.8, 4) is 0 Å². The Kier molecular flexibility index (Phi) is 5.21. The monoisotopic (exact) mass is 257 g/mol. The molecule has 1 aromatic rings. The number of nitrogens with one attached hydrogen (secondary N) is 2. The number of unbranched alkanes of at least 4 members (excludes halogenated alkanes) is 1. The summed E-state index contributed by atoms with van der Waals surface area (Å²) in [6.07, 6.45) is 3.86. The van der Waals surface area contributed by atoms with E-state index in [0.29, 0.717) is 5.82 Å². The van der Waals surface area contributed by atoms with Crippen molar-refractivity contribution in [2.45, 2.75) is 26.7 Å². The molecule has 0 unspecified atom stereocenters. The SMILES string of the molecule is CCCCNc1ccc(NS(=O)(=O)CC)nc1. The second-order valence-electron chi connectivity index (χ2n) is 3.72. The van der Waals surface area contributed by atoms with Crippen molar-refractivity contribution in [1.82, 2.24) is 4.98 Å². The average Bonchev–Trinajstić information content (AvgIpc) is 2.31. The first kappa shape index (κ1) is 13.8. The normalized spacial score (nSPS) is 11.2. The van der Waals surface area contributed by atoms with E-state index in [2.05, 4.69) is 21.9 Å². The zero-order valence-electron chi connectivity index (χ0n) is 10.2. The van der Waals surface area contributed by atoms with E-state index in [4.69, 9.17) is 0 Å². The molecule has 0 fully saturated rings. The molecular weight excluding hydrogens is 238 g/mol. The van der Waals surface area contributed by atoms with Crippen LogP contribution < -0.4 is 10.0 Å². The number of sulfonamides is 1. The predicted octanol–water partition coefficient (Wildman–Crippen LogP) is 2.06. The van der Waals surface area contributed by atoms with Gasteiger partial charge in [-0.3, -0.25) is 4.72 Å². The number of aromatic nitrogens is 1. The molecule has 0 amide bonds. The van der Waals surface area contributed by atoms with Gasteiger partial charge in [-0.1, -0.05) is 13.3 Å². The van der Waals surface area contributed by atoms with Gasteiger partial charge in [0.1, 0.15) is 5.82 Å². The zero-order valence-corrected chi connectivity index (χ0v) is 11.0. The van der Waals surface area contributed by atoms with E-state index >= 15 is 0 Å². The maximum absolute atomic E-state index is 11.3. The van der Waals surface area contributed by atoms with E-state index in [-0.39, 0.29) is 5.75 Å². The first-order valence-corrected chi connectivity index (χ1v) is 7.43. The van der Waals surface area contributed by atoms with Crippen LogP contribution in [0.15, 0.2) is 18.3 Å². The lowest BCUT2D eigenvalue weighted by atomic mass is 10.3. The van der Waals surface area contributed by atoms with Crippen LogP contribution in [0.2, 0.25) is 0 Å². The third kappa shape index (κ3) is 5.04. The summed E-state index contributed by atoms with van der Waals surface area (Å²) in [5.74, 6) is 0.401. The summed E-state index contributed by atoms with van der Waals surface area (Å²) in [6, 6.07) is 3.47. The molecule has 0 saturated carbocycles. The average molecular weight is 257 g/mol. The van der Waals surface area contributed by atoms with E-state index in [1.807, 2.05) is 6.07 Å². The van der Waals surface area contributed by atoms with Crippen molar-refractivity contribution < 1.29 is 8.42 Å².